The molecule has 2 aromatic carbocycles. The molecule has 0 aromatic heterocycles. The topological polar surface area (TPSA) is 67.4 Å². The third-order valence-electron chi connectivity index (χ3n) is 3.81. The molecule has 0 fully saturated rings. The van der Waals surface area contributed by atoms with E-state index in [1.165, 1.54) is 12.1 Å². The van der Waals surface area contributed by atoms with Gasteiger partial charge < -0.3 is 15.4 Å². The summed E-state index contributed by atoms with van der Waals surface area (Å²) in [6.45, 7) is 2.56. The van der Waals surface area contributed by atoms with Crippen molar-refractivity contribution in [2.75, 3.05) is 13.2 Å². The van der Waals surface area contributed by atoms with Crippen molar-refractivity contribution in [2.45, 2.75) is 25.8 Å². The molecule has 27 heavy (non-hydrogen) atoms. The summed E-state index contributed by atoms with van der Waals surface area (Å²) in [4.78, 5) is 24.2. The highest BCUT2D eigenvalue weighted by molar-refractivity contribution is 6.33. The van der Waals surface area contributed by atoms with Gasteiger partial charge in [-0.15, -0.1) is 0 Å². The lowest BCUT2D eigenvalue weighted by Crippen LogP contribution is -2.45. The number of ether oxygens (including phenoxy) is 1. The van der Waals surface area contributed by atoms with E-state index in [4.69, 9.17) is 16.3 Å². The first-order chi connectivity index (χ1) is 13.0. The zero-order valence-electron chi connectivity index (χ0n) is 15.0. The first-order valence-corrected chi connectivity index (χ1v) is 9.06. The van der Waals surface area contributed by atoms with E-state index in [0.29, 0.717) is 29.5 Å². The Morgan fingerprint density at radius 3 is 2.52 bits per heavy atom. The third-order valence-corrected chi connectivity index (χ3v) is 4.14. The van der Waals surface area contributed by atoms with Crippen LogP contribution in [0.3, 0.4) is 0 Å². The van der Waals surface area contributed by atoms with Crippen molar-refractivity contribution < 1.29 is 18.7 Å². The molecule has 0 saturated carbocycles. The van der Waals surface area contributed by atoms with Crippen LogP contribution in [0.4, 0.5) is 4.39 Å². The minimum Gasteiger partial charge on any atom is -0.494 e. The first-order valence-electron chi connectivity index (χ1n) is 8.69. The lowest BCUT2D eigenvalue weighted by Gasteiger charge is -2.14. The Hall–Kier alpha value is -2.60. The Morgan fingerprint density at radius 1 is 1.11 bits per heavy atom. The maximum Gasteiger partial charge on any atom is 0.253 e. The molecule has 2 aromatic rings. The van der Waals surface area contributed by atoms with Crippen molar-refractivity contribution in [1.82, 2.24) is 10.6 Å². The average molecular weight is 393 g/mol. The summed E-state index contributed by atoms with van der Waals surface area (Å²) in [5.41, 5.74) is 0.330. The summed E-state index contributed by atoms with van der Waals surface area (Å²) >= 11 is 5.97. The average Bonchev–Trinajstić information content (AvgIpc) is 2.66. The molecule has 0 aliphatic carbocycles. The molecule has 1 unspecified atom stereocenters. The Kier molecular flexibility index (Phi) is 8.07. The number of hydrogen-bond donors (Lipinski definition) is 2. The van der Waals surface area contributed by atoms with Gasteiger partial charge in [-0.25, -0.2) is 4.39 Å². The molecule has 7 heteroatoms. The van der Waals surface area contributed by atoms with Gasteiger partial charge >= 0.3 is 0 Å². The van der Waals surface area contributed by atoms with Crippen molar-refractivity contribution in [3.8, 4) is 5.75 Å². The number of rotatable bonds is 9. The lowest BCUT2D eigenvalue weighted by atomic mass is 10.2. The zero-order chi connectivity index (χ0) is 19.6. The summed E-state index contributed by atoms with van der Waals surface area (Å²) in [6, 6.07) is 11.8. The molecule has 0 bridgehead atoms. The minimum atomic E-state index is -0.677. The number of hydrogen-bond acceptors (Lipinski definition) is 3. The Bertz CT molecular complexity index is 768. The summed E-state index contributed by atoms with van der Waals surface area (Å²) in [6.07, 6.45) is 1.45. The van der Waals surface area contributed by atoms with Gasteiger partial charge in [-0.2, -0.15) is 0 Å². The van der Waals surface area contributed by atoms with Crippen LogP contribution in [-0.4, -0.2) is 31.0 Å². The van der Waals surface area contributed by atoms with E-state index in [1.807, 2.05) is 0 Å². The lowest BCUT2D eigenvalue weighted by molar-refractivity contribution is -0.122. The van der Waals surface area contributed by atoms with Gasteiger partial charge in [0.05, 0.1) is 17.2 Å². The van der Waals surface area contributed by atoms with Gasteiger partial charge in [0.25, 0.3) is 5.91 Å². The predicted molar refractivity (Wildman–Crippen MR) is 103 cm³/mol. The van der Waals surface area contributed by atoms with Crippen LogP contribution in [0.15, 0.2) is 48.5 Å². The molecule has 1 atom stereocenters. The van der Waals surface area contributed by atoms with E-state index >= 15 is 0 Å². The van der Waals surface area contributed by atoms with Gasteiger partial charge in [0, 0.05) is 6.54 Å². The fraction of sp³-hybridized carbons (Fsp3) is 0.300. The van der Waals surface area contributed by atoms with Crippen LogP contribution in [0, 0.1) is 5.82 Å². The highest BCUT2D eigenvalue weighted by atomic mass is 35.5. The molecular weight excluding hydrogens is 371 g/mol. The smallest absolute Gasteiger partial charge is 0.253 e. The second kappa shape index (κ2) is 10.5. The minimum absolute atomic E-state index is 0.269. The molecule has 0 aliphatic heterocycles. The molecule has 5 nitrogen and oxygen atoms in total. The van der Waals surface area contributed by atoms with Crippen molar-refractivity contribution in [1.29, 1.82) is 0 Å². The molecule has 0 radical (unpaired) electrons. The van der Waals surface area contributed by atoms with E-state index in [2.05, 4.69) is 10.6 Å². The quantitative estimate of drug-likeness (QED) is 0.641. The summed E-state index contributed by atoms with van der Waals surface area (Å²) in [7, 11) is 0. The van der Waals surface area contributed by atoms with Crippen LogP contribution in [0.1, 0.15) is 30.1 Å². The molecule has 0 aliphatic rings. The molecule has 2 N–H and O–H groups in total. The van der Waals surface area contributed by atoms with Crippen LogP contribution in [0.2, 0.25) is 5.02 Å². The standard InChI is InChI=1S/C20H22ClFN2O3/c1-14(24-20(26)17-6-2-3-7-18(17)21)19(25)23-12-4-5-13-27-16-10-8-15(22)9-11-16/h2-3,6-11,14H,4-5,12-13H2,1H3,(H,23,25)(H,24,26). The number of amides is 2. The van der Waals surface area contributed by atoms with Crippen LogP contribution in [0.25, 0.3) is 0 Å². The van der Waals surface area contributed by atoms with Crippen LogP contribution in [0.5, 0.6) is 5.75 Å². The summed E-state index contributed by atoms with van der Waals surface area (Å²) in [5.74, 6) is -0.358. The monoisotopic (exact) mass is 392 g/mol. The summed E-state index contributed by atoms with van der Waals surface area (Å²) in [5, 5.41) is 5.73. The van der Waals surface area contributed by atoms with Crippen LogP contribution in [-0.2, 0) is 4.79 Å². The maximum absolute atomic E-state index is 12.8. The second-order valence-corrected chi connectivity index (χ2v) is 6.38. The van der Waals surface area contributed by atoms with Crippen molar-refractivity contribution in [3.63, 3.8) is 0 Å². The number of nitrogens with one attached hydrogen (secondary N) is 2. The van der Waals surface area contributed by atoms with E-state index in [9.17, 15) is 14.0 Å². The van der Waals surface area contributed by atoms with E-state index in [0.717, 1.165) is 12.8 Å². The molecule has 0 saturated heterocycles. The molecule has 144 valence electrons. The highest BCUT2D eigenvalue weighted by Gasteiger charge is 2.17. The molecule has 2 amide bonds. The number of halogens is 2. The van der Waals surface area contributed by atoms with Crippen molar-refractivity contribution in [3.05, 3.63) is 64.9 Å². The zero-order valence-corrected chi connectivity index (χ0v) is 15.8. The SMILES string of the molecule is CC(NC(=O)c1ccccc1Cl)C(=O)NCCCCOc1ccc(F)cc1. The number of carbonyl (C=O) groups is 2. The van der Waals surface area contributed by atoms with Crippen molar-refractivity contribution >= 4 is 23.4 Å². The van der Waals surface area contributed by atoms with Crippen molar-refractivity contribution in [2.24, 2.45) is 0 Å². The normalized spacial score (nSPS) is 11.5. The maximum atomic E-state index is 12.8. The van der Waals surface area contributed by atoms with Gasteiger partial charge in [0.15, 0.2) is 0 Å². The summed E-state index contributed by atoms with van der Waals surface area (Å²) < 4.78 is 18.3. The molecule has 2 rings (SSSR count). The van der Waals surface area contributed by atoms with E-state index in [1.54, 1.807) is 43.3 Å². The Labute approximate surface area is 162 Å². The third kappa shape index (κ3) is 6.90. The highest BCUT2D eigenvalue weighted by Crippen LogP contribution is 2.14. The van der Waals surface area contributed by atoms with Gasteiger partial charge in [0.1, 0.15) is 17.6 Å². The van der Waals surface area contributed by atoms with Crippen LogP contribution < -0.4 is 15.4 Å². The fourth-order valence-electron chi connectivity index (χ4n) is 2.30. The predicted octanol–water partition coefficient (Wildman–Crippen LogP) is 3.57. The van der Waals surface area contributed by atoms with Gasteiger partial charge in [-0.05, 0) is 56.2 Å². The number of unbranched alkanes of at least 4 members (excludes halogenated alkanes) is 1. The largest absolute Gasteiger partial charge is 0.494 e. The van der Waals surface area contributed by atoms with E-state index < -0.39 is 11.9 Å². The Balaban J connectivity index is 1.62. The first kappa shape index (κ1) is 20.7. The number of benzene rings is 2. The molecule has 0 heterocycles. The van der Waals surface area contributed by atoms with Crippen LogP contribution >= 0.6 is 11.6 Å². The molecule has 0 spiro atoms. The Morgan fingerprint density at radius 2 is 1.81 bits per heavy atom. The van der Waals surface area contributed by atoms with Gasteiger partial charge in [0.2, 0.25) is 5.91 Å². The molecular formula is C20H22ClFN2O3. The second-order valence-electron chi connectivity index (χ2n) is 5.98. The van der Waals surface area contributed by atoms with Gasteiger partial charge in [-0.3, -0.25) is 9.59 Å². The van der Waals surface area contributed by atoms with E-state index in [-0.39, 0.29) is 11.7 Å². The number of carbonyl (C=O) groups excluding carboxylic acids is 2. The fourth-order valence-corrected chi connectivity index (χ4v) is 2.52. The van der Waals surface area contributed by atoms with Gasteiger partial charge in [-0.1, -0.05) is 23.7 Å².